The van der Waals surface area contributed by atoms with E-state index < -0.39 is 16.6 Å². The van der Waals surface area contributed by atoms with Gasteiger partial charge in [0.15, 0.2) is 0 Å². The molecule has 1 N–H and O–H groups in total. The van der Waals surface area contributed by atoms with E-state index in [1.54, 1.807) is 6.07 Å². The van der Waals surface area contributed by atoms with Crippen molar-refractivity contribution in [3.8, 4) is 0 Å². The quantitative estimate of drug-likeness (QED) is 0.891. The minimum absolute atomic E-state index is 0.00937. The molecule has 0 saturated heterocycles. The molecule has 1 rings (SSSR count). The number of nitrogens with one attached hydrogen (secondary N) is 1. The van der Waals surface area contributed by atoms with Gasteiger partial charge in [0.2, 0.25) is 5.91 Å². The lowest BCUT2D eigenvalue weighted by Gasteiger charge is -2.17. The second kappa shape index (κ2) is 6.64. The molecule has 5 heteroatoms. The summed E-state index contributed by atoms with van der Waals surface area (Å²) in [5.74, 6) is -0.771. The smallest absolute Gasteiger partial charge is 0.233 e. The predicted octanol–water partition coefficient (Wildman–Crippen LogP) is 2.09. The van der Waals surface area contributed by atoms with Gasteiger partial charge in [-0.25, -0.2) is 4.39 Å². The van der Waals surface area contributed by atoms with Crippen molar-refractivity contribution in [2.24, 2.45) is 5.92 Å². The molecule has 0 heterocycles. The Morgan fingerprint density at radius 2 is 1.94 bits per heavy atom. The molecule has 1 aromatic rings. The third-order valence-corrected chi connectivity index (χ3v) is 4.08. The molecular formula is C13H18FNO2S. The largest absolute Gasteiger partial charge is 0.353 e. The number of hydrogen-bond donors (Lipinski definition) is 1. The number of benzene rings is 1. The summed E-state index contributed by atoms with van der Waals surface area (Å²) >= 11 is 0. The molecule has 0 bridgehead atoms. The van der Waals surface area contributed by atoms with E-state index in [9.17, 15) is 13.4 Å². The van der Waals surface area contributed by atoms with E-state index >= 15 is 0 Å². The summed E-state index contributed by atoms with van der Waals surface area (Å²) in [4.78, 5) is 11.7. The summed E-state index contributed by atoms with van der Waals surface area (Å²) in [5.41, 5.74) is 0. The Kier molecular flexibility index (Phi) is 5.47. The van der Waals surface area contributed by atoms with Crippen LogP contribution in [-0.2, 0) is 15.6 Å². The maximum Gasteiger partial charge on any atom is 0.233 e. The van der Waals surface area contributed by atoms with Gasteiger partial charge in [0.25, 0.3) is 0 Å². The van der Waals surface area contributed by atoms with Gasteiger partial charge in [0.05, 0.1) is 15.7 Å². The predicted molar refractivity (Wildman–Crippen MR) is 70.1 cm³/mol. The van der Waals surface area contributed by atoms with Gasteiger partial charge in [-0.05, 0) is 25.0 Å². The topological polar surface area (TPSA) is 46.2 Å². The normalized spacial score (nSPS) is 14.3. The van der Waals surface area contributed by atoms with Crippen molar-refractivity contribution in [1.82, 2.24) is 5.32 Å². The molecule has 0 aliphatic heterocycles. The SMILES string of the molecule is CC(C)C(C)NC(=O)CS(=O)c1ccccc1F. The molecule has 0 saturated carbocycles. The van der Waals surface area contributed by atoms with Crippen LogP contribution in [0.1, 0.15) is 20.8 Å². The highest BCUT2D eigenvalue weighted by Crippen LogP contribution is 2.11. The molecule has 0 aliphatic carbocycles. The number of halogens is 1. The van der Waals surface area contributed by atoms with E-state index in [2.05, 4.69) is 5.32 Å². The highest BCUT2D eigenvalue weighted by molar-refractivity contribution is 7.85. The minimum atomic E-state index is -1.64. The third kappa shape index (κ3) is 4.22. The molecule has 0 spiro atoms. The lowest BCUT2D eigenvalue weighted by Crippen LogP contribution is -2.38. The molecule has 0 aromatic heterocycles. The van der Waals surface area contributed by atoms with E-state index in [4.69, 9.17) is 0 Å². The first-order valence-electron chi connectivity index (χ1n) is 5.84. The van der Waals surface area contributed by atoms with E-state index in [1.807, 2.05) is 20.8 Å². The summed E-state index contributed by atoms with van der Waals surface area (Å²) in [5, 5.41) is 2.75. The number of rotatable bonds is 5. The van der Waals surface area contributed by atoms with Crippen LogP contribution in [0.5, 0.6) is 0 Å². The van der Waals surface area contributed by atoms with Crippen LogP contribution >= 0.6 is 0 Å². The van der Waals surface area contributed by atoms with Crippen LogP contribution in [0, 0.1) is 11.7 Å². The van der Waals surface area contributed by atoms with Crippen LogP contribution in [0.25, 0.3) is 0 Å². The summed E-state index contributed by atoms with van der Waals surface area (Å²) in [6.45, 7) is 5.85. The Bertz CT molecular complexity index is 448. The van der Waals surface area contributed by atoms with E-state index in [0.29, 0.717) is 5.92 Å². The molecule has 2 atom stereocenters. The summed E-state index contributed by atoms with van der Waals surface area (Å²) < 4.78 is 25.2. The van der Waals surface area contributed by atoms with Crippen molar-refractivity contribution >= 4 is 16.7 Å². The molecule has 1 aromatic carbocycles. The molecule has 100 valence electrons. The Labute approximate surface area is 109 Å². The highest BCUT2D eigenvalue weighted by Gasteiger charge is 2.16. The summed E-state index contributed by atoms with van der Waals surface area (Å²) in [7, 11) is -1.64. The van der Waals surface area contributed by atoms with Crippen molar-refractivity contribution in [3.63, 3.8) is 0 Å². The van der Waals surface area contributed by atoms with Crippen LogP contribution in [0.2, 0.25) is 0 Å². The van der Waals surface area contributed by atoms with Crippen molar-refractivity contribution in [1.29, 1.82) is 0 Å². The number of amides is 1. The van der Waals surface area contributed by atoms with Crippen molar-refractivity contribution in [3.05, 3.63) is 30.1 Å². The van der Waals surface area contributed by atoms with Crippen LogP contribution in [0.15, 0.2) is 29.2 Å². The molecule has 18 heavy (non-hydrogen) atoms. The van der Waals surface area contributed by atoms with Gasteiger partial charge in [-0.3, -0.25) is 9.00 Å². The first-order valence-corrected chi connectivity index (χ1v) is 7.16. The summed E-state index contributed by atoms with van der Waals surface area (Å²) in [6.07, 6.45) is 0. The third-order valence-electron chi connectivity index (χ3n) is 2.73. The van der Waals surface area contributed by atoms with Crippen molar-refractivity contribution < 1.29 is 13.4 Å². The standard InChI is InChI=1S/C13H18FNO2S/c1-9(2)10(3)15-13(16)8-18(17)12-7-5-4-6-11(12)14/h4-7,9-10H,8H2,1-3H3,(H,15,16). The maximum absolute atomic E-state index is 13.4. The van der Waals surface area contributed by atoms with Gasteiger partial charge in [0.1, 0.15) is 11.6 Å². The van der Waals surface area contributed by atoms with E-state index in [1.165, 1.54) is 18.2 Å². The van der Waals surface area contributed by atoms with E-state index in [0.717, 1.165) is 0 Å². The average Bonchev–Trinajstić information content (AvgIpc) is 2.28. The molecule has 1 amide bonds. The molecular weight excluding hydrogens is 253 g/mol. The fraction of sp³-hybridized carbons (Fsp3) is 0.462. The van der Waals surface area contributed by atoms with Gasteiger partial charge in [-0.2, -0.15) is 0 Å². The van der Waals surface area contributed by atoms with Crippen molar-refractivity contribution in [2.45, 2.75) is 31.7 Å². The minimum Gasteiger partial charge on any atom is -0.353 e. The zero-order valence-corrected chi connectivity index (χ0v) is 11.6. The molecule has 0 fully saturated rings. The van der Waals surface area contributed by atoms with Gasteiger partial charge >= 0.3 is 0 Å². The maximum atomic E-state index is 13.4. The highest BCUT2D eigenvalue weighted by atomic mass is 32.2. The lowest BCUT2D eigenvalue weighted by molar-refractivity contribution is -0.119. The molecule has 3 nitrogen and oxygen atoms in total. The lowest BCUT2D eigenvalue weighted by atomic mass is 10.1. The molecule has 0 radical (unpaired) electrons. The monoisotopic (exact) mass is 271 g/mol. The van der Waals surface area contributed by atoms with Crippen LogP contribution in [0.3, 0.4) is 0 Å². The van der Waals surface area contributed by atoms with Gasteiger partial charge in [0, 0.05) is 6.04 Å². The van der Waals surface area contributed by atoms with Crippen LogP contribution in [0.4, 0.5) is 4.39 Å². The Morgan fingerprint density at radius 1 is 1.33 bits per heavy atom. The number of hydrogen-bond acceptors (Lipinski definition) is 2. The van der Waals surface area contributed by atoms with Gasteiger partial charge in [-0.15, -0.1) is 0 Å². The average molecular weight is 271 g/mol. The Balaban J connectivity index is 2.61. The molecule has 2 unspecified atom stereocenters. The molecule has 0 aliphatic rings. The first kappa shape index (κ1) is 14.8. The first-order chi connectivity index (χ1) is 8.41. The van der Waals surface area contributed by atoms with Crippen LogP contribution < -0.4 is 5.32 Å². The van der Waals surface area contributed by atoms with Crippen molar-refractivity contribution in [2.75, 3.05) is 5.75 Å². The zero-order valence-electron chi connectivity index (χ0n) is 10.8. The Morgan fingerprint density at radius 3 is 2.50 bits per heavy atom. The fourth-order valence-corrected chi connectivity index (χ4v) is 2.28. The summed E-state index contributed by atoms with van der Waals surface area (Å²) in [6, 6.07) is 5.81. The van der Waals surface area contributed by atoms with E-state index in [-0.39, 0.29) is 22.6 Å². The van der Waals surface area contributed by atoms with Gasteiger partial charge < -0.3 is 5.32 Å². The van der Waals surface area contributed by atoms with Crippen LogP contribution in [-0.4, -0.2) is 21.9 Å². The number of carbonyl (C=O) groups excluding carboxylic acids is 1. The Hall–Kier alpha value is -1.23. The zero-order chi connectivity index (χ0) is 13.7. The number of carbonyl (C=O) groups is 1. The second-order valence-corrected chi connectivity index (χ2v) is 5.94. The fourth-order valence-electron chi connectivity index (χ4n) is 1.29. The van der Waals surface area contributed by atoms with Gasteiger partial charge in [-0.1, -0.05) is 26.0 Å². The second-order valence-electron chi connectivity index (χ2n) is 4.52.